The van der Waals surface area contributed by atoms with Gasteiger partial charge in [0.2, 0.25) is 0 Å². The number of Topliss-reactive ketones (excluding diaryl/α,β-unsaturated/α-hetero) is 1. The third-order valence-electron chi connectivity index (χ3n) is 4.63. The van der Waals surface area contributed by atoms with Crippen LogP contribution in [0.25, 0.3) is 0 Å². The summed E-state index contributed by atoms with van der Waals surface area (Å²) in [6.07, 6.45) is 2.17. The SMILES string of the molecule is CC[C@H]1C[C@@]2(O)C(=O)O[C@@H]1[C@@H]1C(=O)CC[C@@H]12. The van der Waals surface area contributed by atoms with Gasteiger partial charge in [-0.05, 0) is 25.2 Å². The second-order valence-electron chi connectivity index (χ2n) is 5.30. The molecule has 2 saturated carbocycles. The van der Waals surface area contributed by atoms with Crippen LogP contribution in [0, 0.1) is 17.8 Å². The van der Waals surface area contributed by atoms with E-state index in [9.17, 15) is 14.7 Å². The number of hydrogen-bond acceptors (Lipinski definition) is 4. The largest absolute Gasteiger partial charge is 0.459 e. The highest BCUT2D eigenvalue weighted by Crippen LogP contribution is 2.54. The Morgan fingerprint density at radius 2 is 2.25 bits per heavy atom. The van der Waals surface area contributed by atoms with Crippen molar-refractivity contribution < 1.29 is 19.4 Å². The molecule has 4 nitrogen and oxygen atoms in total. The first-order valence-electron chi connectivity index (χ1n) is 6.04. The molecule has 4 heteroatoms. The van der Waals surface area contributed by atoms with Crippen LogP contribution in [0.3, 0.4) is 0 Å². The van der Waals surface area contributed by atoms with Crippen LogP contribution in [0.15, 0.2) is 0 Å². The van der Waals surface area contributed by atoms with Crippen LogP contribution in [-0.2, 0) is 14.3 Å². The van der Waals surface area contributed by atoms with Crippen LogP contribution in [0.1, 0.15) is 32.6 Å². The van der Waals surface area contributed by atoms with E-state index >= 15 is 0 Å². The van der Waals surface area contributed by atoms with Crippen molar-refractivity contribution in [2.75, 3.05) is 0 Å². The van der Waals surface area contributed by atoms with Crippen LogP contribution in [0.4, 0.5) is 0 Å². The van der Waals surface area contributed by atoms with Gasteiger partial charge in [-0.25, -0.2) is 4.79 Å². The van der Waals surface area contributed by atoms with Gasteiger partial charge in [-0.1, -0.05) is 6.92 Å². The maximum absolute atomic E-state index is 11.8. The highest BCUT2D eigenvalue weighted by atomic mass is 16.6. The Morgan fingerprint density at radius 3 is 2.94 bits per heavy atom. The monoisotopic (exact) mass is 224 g/mol. The normalized spacial score (nSPS) is 50.4. The fourth-order valence-electron chi connectivity index (χ4n) is 3.78. The zero-order valence-electron chi connectivity index (χ0n) is 9.31. The summed E-state index contributed by atoms with van der Waals surface area (Å²) in [7, 11) is 0. The first kappa shape index (κ1) is 10.3. The van der Waals surface area contributed by atoms with E-state index in [2.05, 4.69) is 0 Å². The van der Waals surface area contributed by atoms with Gasteiger partial charge in [0.05, 0.1) is 5.92 Å². The molecule has 0 aromatic rings. The summed E-state index contributed by atoms with van der Waals surface area (Å²) >= 11 is 0. The third-order valence-corrected chi connectivity index (χ3v) is 4.63. The number of fused-ring (bicyclic) bond motifs is 2. The summed E-state index contributed by atoms with van der Waals surface area (Å²) in [5, 5.41) is 10.4. The Morgan fingerprint density at radius 1 is 1.50 bits per heavy atom. The van der Waals surface area contributed by atoms with Gasteiger partial charge in [0.1, 0.15) is 11.9 Å². The van der Waals surface area contributed by atoms with E-state index < -0.39 is 11.6 Å². The van der Waals surface area contributed by atoms with Gasteiger partial charge >= 0.3 is 5.97 Å². The first-order valence-corrected chi connectivity index (χ1v) is 6.04. The molecule has 0 spiro atoms. The van der Waals surface area contributed by atoms with Gasteiger partial charge in [-0.2, -0.15) is 0 Å². The Labute approximate surface area is 94.0 Å². The molecule has 16 heavy (non-hydrogen) atoms. The number of hydrogen-bond donors (Lipinski definition) is 1. The van der Waals surface area contributed by atoms with Crippen molar-refractivity contribution in [2.24, 2.45) is 17.8 Å². The van der Waals surface area contributed by atoms with Crippen molar-refractivity contribution in [3.63, 3.8) is 0 Å². The molecule has 2 aliphatic carbocycles. The van der Waals surface area contributed by atoms with E-state index in [-0.39, 0.29) is 29.6 Å². The van der Waals surface area contributed by atoms with Crippen LogP contribution < -0.4 is 0 Å². The molecule has 0 unspecified atom stereocenters. The number of esters is 1. The number of carbonyl (C=O) groups is 2. The summed E-state index contributed by atoms with van der Waals surface area (Å²) in [5.74, 6) is -0.612. The smallest absolute Gasteiger partial charge is 0.338 e. The molecular formula is C12H16O4. The average Bonchev–Trinajstić information content (AvgIpc) is 2.65. The fraction of sp³-hybridized carbons (Fsp3) is 0.833. The molecule has 2 saturated heterocycles. The second-order valence-corrected chi connectivity index (χ2v) is 5.30. The summed E-state index contributed by atoms with van der Waals surface area (Å²) in [4.78, 5) is 23.5. The Kier molecular flexibility index (Phi) is 1.97. The molecule has 2 bridgehead atoms. The van der Waals surface area contributed by atoms with E-state index in [1.54, 1.807) is 0 Å². The predicted molar refractivity (Wildman–Crippen MR) is 54.4 cm³/mol. The van der Waals surface area contributed by atoms with E-state index in [1.807, 2.05) is 6.92 Å². The van der Waals surface area contributed by atoms with Gasteiger partial charge in [-0.3, -0.25) is 4.79 Å². The lowest BCUT2D eigenvalue weighted by atomic mass is 9.61. The van der Waals surface area contributed by atoms with E-state index in [0.717, 1.165) is 6.42 Å². The lowest BCUT2D eigenvalue weighted by Gasteiger charge is -2.52. The Balaban J connectivity index is 2.04. The molecule has 0 amide bonds. The summed E-state index contributed by atoms with van der Waals surface area (Å²) in [6, 6.07) is 0. The van der Waals surface area contributed by atoms with Crippen LogP contribution in [0.5, 0.6) is 0 Å². The number of ketones is 1. The van der Waals surface area contributed by atoms with Crippen LogP contribution in [-0.4, -0.2) is 28.6 Å². The quantitative estimate of drug-likeness (QED) is 0.665. The molecule has 0 radical (unpaired) electrons. The molecule has 2 aliphatic heterocycles. The topological polar surface area (TPSA) is 63.6 Å². The minimum absolute atomic E-state index is 0.144. The molecule has 88 valence electrons. The minimum Gasteiger partial charge on any atom is -0.459 e. The maximum Gasteiger partial charge on any atom is 0.338 e. The maximum atomic E-state index is 11.8. The lowest BCUT2D eigenvalue weighted by Crippen LogP contribution is -2.65. The molecule has 5 atom stereocenters. The predicted octanol–water partition coefficient (Wildman–Crippen LogP) is 0.668. The molecule has 1 N–H and O–H groups in total. The molecule has 4 aliphatic rings. The third kappa shape index (κ3) is 1.03. The van der Waals surface area contributed by atoms with E-state index in [1.165, 1.54) is 0 Å². The van der Waals surface area contributed by atoms with Crippen molar-refractivity contribution >= 4 is 11.8 Å². The number of ether oxygens (including phenoxy) is 1. The Hall–Kier alpha value is -0.900. The summed E-state index contributed by atoms with van der Waals surface area (Å²) in [6.45, 7) is 2.01. The standard InChI is InChI=1S/C12H16O4/c1-2-6-5-12(15)7-3-4-8(13)9(7)10(6)16-11(12)14/h6-7,9-10,15H,2-5H2,1H3/t6-,7-,9-,10-,12-/m0/s1. The molecule has 4 rings (SSSR count). The Bertz CT molecular complexity index is 364. The van der Waals surface area contributed by atoms with Gasteiger partial charge in [0.25, 0.3) is 0 Å². The highest BCUT2D eigenvalue weighted by Gasteiger charge is 2.66. The van der Waals surface area contributed by atoms with Gasteiger partial charge in [-0.15, -0.1) is 0 Å². The number of rotatable bonds is 1. The van der Waals surface area contributed by atoms with Crippen molar-refractivity contribution in [3.8, 4) is 0 Å². The minimum atomic E-state index is -1.38. The first-order chi connectivity index (χ1) is 7.58. The van der Waals surface area contributed by atoms with E-state index in [0.29, 0.717) is 19.3 Å². The summed E-state index contributed by atoms with van der Waals surface area (Å²) in [5.41, 5.74) is -1.38. The zero-order valence-corrected chi connectivity index (χ0v) is 9.31. The average molecular weight is 224 g/mol. The van der Waals surface area contributed by atoms with Gasteiger partial charge in [0.15, 0.2) is 5.60 Å². The summed E-state index contributed by atoms with van der Waals surface area (Å²) < 4.78 is 5.27. The number of aliphatic hydroxyl groups is 1. The zero-order chi connectivity index (χ0) is 11.5. The van der Waals surface area contributed by atoms with Gasteiger partial charge < -0.3 is 9.84 Å². The second kappa shape index (κ2) is 3.06. The molecule has 4 fully saturated rings. The van der Waals surface area contributed by atoms with Crippen molar-refractivity contribution in [2.45, 2.75) is 44.3 Å². The highest BCUT2D eigenvalue weighted by molar-refractivity contribution is 5.90. The molecule has 2 heterocycles. The van der Waals surface area contributed by atoms with Crippen molar-refractivity contribution in [1.29, 1.82) is 0 Å². The van der Waals surface area contributed by atoms with E-state index in [4.69, 9.17) is 4.74 Å². The number of carbonyl (C=O) groups excluding carboxylic acids is 2. The molecule has 0 aromatic heterocycles. The van der Waals surface area contributed by atoms with Crippen LogP contribution >= 0.6 is 0 Å². The van der Waals surface area contributed by atoms with Crippen LogP contribution in [0.2, 0.25) is 0 Å². The van der Waals surface area contributed by atoms with Gasteiger partial charge in [0, 0.05) is 12.3 Å². The lowest BCUT2D eigenvalue weighted by molar-refractivity contribution is -0.232. The fourth-order valence-corrected chi connectivity index (χ4v) is 3.78. The van der Waals surface area contributed by atoms with Crippen molar-refractivity contribution in [3.05, 3.63) is 0 Å². The van der Waals surface area contributed by atoms with Crippen molar-refractivity contribution in [1.82, 2.24) is 0 Å². The molecular weight excluding hydrogens is 208 g/mol. The molecule has 0 aromatic carbocycles.